The number of fused-ring (bicyclic) bond motifs is 1. The average molecular weight is 379 g/mol. The molecule has 2 fully saturated rings. The standard InChI is InChI=1S/C20H25N7O/c21-16-13-17(24-19(23-16)27-9-3-4-10-27)26-11-7-20(8-12-26)18(28)22-14-5-1-2-6-15(14)25-20/h1-2,5-6,13,25H,3-4,7-12H2,(H,22,28)(H2,21,23,24). The third-order valence-electron chi connectivity index (χ3n) is 6.03. The zero-order chi connectivity index (χ0) is 19.1. The van der Waals surface area contributed by atoms with E-state index in [1.54, 1.807) is 0 Å². The number of piperidine rings is 1. The van der Waals surface area contributed by atoms with Crippen molar-refractivity contribution in [3.8, 4) is 0 Å². The van der Waals surface area contributed by atoms with Crippen molar-refractivity contribution in [2.24, 2.45) is 0 Å². The highest BCUT2D eigenvalue weighted by molar-refractivity contribution is 6.06. The summed E-state index contributed by atoms with van der Waals surface area (Å²) in [7, 11) is 0. The highest BCUT2D eigenvalue weighted by Crippen LogP contribution is 2.37. The molecule has 0 aliphatic carbocycles. The zero-order valence-electron chi connectivity index (χ0n) is 15.8. The second-order valence-corrected chi connectivity index (χ2v) is 7.84. The average Bonchev–Trinajstić information content (AvgIpc) is 3.24. The van der Waals surface area contributed by atoms with Crippen molar-refractivity contribution in [3.63, 3.8) is 0 Å². The molecule has 0 radical (unpaired) electrons. The zero-order valence-corrected chi connectivity index (χ0v) is 15.8. The number of hydrogen-bond donors (Lipinski definition) is 3. The molecule has 3 aliphatic heterocycles. The fraction of sp³-hybridized carbons (Fsp3) is 0.450. The first-order chi connectivity index (χ1) is 13.6. The van der Waals surface area contributed by atoms with Crippen LogP contribution in [0.25, 0.3) is 0 Å². The maximum absolute atomic E-state index is 12.8. The van der Waals surface area contributed by atoms with E-state index in [1.807, 2.05) is 30.3 Å². The minimum absolute atomic E-state index is 0.0470. The number of benzene rings is 1. The molecular weight excluding hydrogens is 354 g/mol. The van der Waals surface area contributed by atoms with Crippen LogP contribution in [0.1, 0.15) is 25.7 Å². The molecule has 4 heterocycles. The van der Waals surface area contributed by atoms with Gasteiger partial charge in [-0.2, -0.15) is 9.97 Å². The third kappa shape index (κ3) is 2.89. The summed E-state index contributed by atoms with van der Waals surface area (Å²) in [6.45, 7) is 3.43. The van der Waals surface area contributed by atoms with Crippen LogP contribution in [-0.4, -0.2) is 47.6 Å². The van der Waals surface area contributed by atoms with E-state index in [0.717, 1.165) is 49.3 Å². The number of anilines is 5. The number of para-hydroxylation sites is 2. The van der Waals surface area contributed by atoms with Crippen molar-refractivity contribution in [1.29, 1.82) is 0 Å². The molecule has 0 saturated carbocycles. The van der Waals surface area contributed by atoms with Gasteiger partial charge in [-0.15, -0.1) is 0 Å². The topological polar surface area (TPSA) is 99.4 Å². The molecule has 8 nitrogen and oxygen atoms in total. The van der Waals surface area contributed by atoms with Gasteiger partial charge < -0.3 is 26.2 Å². The summed E-state index contributed by atoms with van der Waals surface area (Å²) in [5.74, 6) is 2.11. The normalized spacial score (nSPS) is 20.6. The van der Waals surface area contributed by atoms with Gasteiger partial charge in [0.15, 0.2) is 0 Å². The first kappa shape index (κ1) is 17.1. The molecule has 1 amide bonds. The summed E-state index contributed by atoms with van der Waals surface area (Å²) in [6, 6.07) is 9.68. The first-order valence-corrected chi connectivity index (χ1v) is 9.96. The van der Waals surface area contributed by atoms with Crippen LogP contribution in [0.4, 0.5) is 29.0 Å². The van der Waals surface area contributed by atoms with E-state index >= 15 is 0 Å². The molecule has 1 aromatic carbocycles. The van der Waals surface area contributed by atoms with E-state index in [1.165, 1.54) is 12.8 Å². The van der Waals surface area contributed by atoms with Crippen molar-refractivity contribution in [1.82, 2.24) is 9.97 Å². The lowest BCUT2D eigenvalue weighted by Gasteiger charge is -2.44. The molecule has 0 atom stereocenters. The number of nitrogens with zero attached hydrogens (tertiary/aromatic N) is 4. The van der Waals surface area contributed by atoms with Crippen molar-refractivity contribution < 1.29 is 4.79 Å². The van der Waals surface area contributed by atoms with Crippen LogP contribution in [0.2, 0.25) is 0 Å². The van der Waals surface area contributed by atoms with Crippen molar-refractivity contribution in [2.75, 3.05) is 52.3 Å². The largest absolute Gasteiger partial charge is 0.383 e. The summed E-state index contributed by atoms with van der Waals surface area (Å²) in [5, 5.41) is 6.56. The summed E-state index contributed by atoms with van der Waals surface area (Å²) in [4.78, 5) is 26.4. The highest BCUT2D eigenvalue weighted by Gasteiger charge is 2.44. The van der Waals surface area contributed by atoms with Crippen LogP contribution in [0.3, 0.4) is 0 Å². The van der Waals surface area contributed by atoms with Crippen molar-refractivity contribution in [3.05, 3.63) is 30.3 Å². The number of amides is 1. The van der Waals surface area contributed by atoms with Gasteiger partial charge in [0.05, 0.1) is 11.4 Å². The Kier molecular flexibility index (Phi) is 3.99. The van der Waals surface area contributed by atoms with Crippen LogP contribution in [0.15, 0.2) is 30.3 Å². The van der Waals surface area contributed by atoms with E-state index in [4.69, 9.17) is 10.7 Å². The second-order valence-electron chi connectivity index (χ2n) is 7.84. The molecule has 28 heavy (non-hydrogen) atoms. The number of nitrogen functional groups attached to an aromatic ring is 1. The summed E-state index contributed by atoms with van der Waals surface area (Å²) in [5.41, 5.74) is 7.33. The first-order valence-electron chi connectivity index (χ1n) is 9.96. The van der Waals surface area contributed by atoms with Crippen LogP contribution >= 0.6 is 0 Å². The van der Waals surface area contributed by atoms with Gasteiger partial charge in [0.25, 0.3) is 0 Å². The van der Waals surface area contributed by atoms with Gasteiger partial charge >= 0.3 is 0 Å². The molecule has 4 N–H and O–H groups in total. The predicted molar refractivity (Wildman–Crippen MR) is 111 cm³/mol. The molecule has 5 rings (SSSR count). The van der Waals surface area contributed by atoms with E-state index < -0.39 is 5.54 Å². The lowest BCUT2D eigenvalue weighted by molar-refractivity contribution is -0.121. The quantitative estimate of drug-likeness (QED) is 0.734. The SMILES string of the molecule is Nc1cc(N2CCC3(CC2)Nc2ccccc2NC3=O)nc(N2CCCC2)n1. The Hall–Kier alpha value is -3.03. The Labute approximate surface area is 164 Å². The van der Waals surface area contributed by atoms with E-state index in [0.29, 0.717) is 18.7 Å². The monoisotopic (exact) mass is 379 g/mol. The van der Waals surface area contributed by atoms with Gasteiger partial charge in [-0.25, -0.2) is 0 Å². The molecule has 2 saturated heterocycles. The Balaban J connectivity index is 1.34. The lowest BCUT2D eigenvalue weighted by atomic mass is 9.84. The molecule has 2 aromatic rings. The number of rotatable bonds is 2. The van der Waals surface area contributed by atoms with Crippen LogP contribution in [-0.2, 0) is 4.79 Å². The van der Waals surface area contributed by atoms with Crippen LogP contribution in [0.5, 0.6) is 0 Å². The molecule has 3 aliphatic rings. The Morgan fingerprint density at radius 2 is 1.68 bits per heavy atom. The van der Waals surface area contributed by atoms with Crippen molar-refractivity contribution >= 4 is 34.9 Å². The van der Waals surface area contributed by atoms with Gasteiger partial charge in [-0.05, 0) is 37.8 Å². The van der Waals surface area contributed by atoms with Crippen molar-refractivity contribution in [2.45, 2.75) is 31.2 Å². The molecule has 0 bridgehead atoms. The van der Waals surface area contributed by atoms with Gasteiger partial charge in [0.1, 0.15) is 17.2 Å². The number of nitrogens with two attached hydrogens (primary N) is 1. The smallest absolute Gasteiger partial charge is 0.250 e. The predicted octanol–water partition coefficient (Wildman–Crippen LogP) is 2.06. The summed E-state index contributed by atoms with van der Waals surface area (Å²) >= 11 is 0. The lowest BCUT2D eigenvalue weighted by Crippen LogP contribution is -2.58. The second kappa shape index (κ2) is 6.54. The number of nitrogens with one attached hydrogen (secondary N) is 2. The Bertz CT molecular complexity index is 901. The third-order valence-corrected chi connectivity index (χ3v) is 6.03. The molecule has 1 aromatic heterocycles. The molecule has 8 heteroatoms. The number of aromatic nitrogens is 2. The number of hydrogen-bond acceptors (Lipinski definition) is 7. The van der Waals surface area contributed by atoms with Gasteiger partial charge in [-0.1, -0.05) is 12.1 Å². The number of carbonyl (C=O) groups excluding carboxylic acids is 1. The van der Waals surface area contributed by atoms with E-state index in [2.05, 4.69) is 25.4 Å². The van der Waals surface area contributed by atoms with E-state index in [9.17, 15) is 4.79 Å². The van der Waals surface area contributed by atoms with E-state index in [-0.39, 0.29) is 5.91 Å². The molecule has 1 spiro atoms. The van der Waals surface area contributed by atoms with Gasteiger partial charge in [-0.3, -0.25) is 4.79 Å². The van der Waals surface area contributed by atoms with Gasteiger partial charge in [0, 0.05) is 32.2 Å². The number of carbonyl (C=O) groups is 1. The maximum atomic E-state index is 12.8. The van der Waals surface area contributed by atoms with Crippen LogP contribution in [0, 0.1) is 0 Å². The minimum atomic E-state index is -0.568. The van der Waals surface area contributed by atoms with Gasteiger partial charge in [0.2, 0.25) is 11.9 Å². The fourth-order valence-corrected chi connectivity index (χ4v) is 4.39. The van der Waals surface area contributed by atoms with Crippen LogP contribution < -0.4 is 26.2 Å². The molecular formula is C20H25N7O. The summed E-state index contributed by atoms with van der Waals surface area (Å²) < 4.78 is 0. The molecule has 146 valence electrons. The fourth-order valence-electron chi connectivity index (χ4n) is 4.39. The minimum Gasteiger partial charge on any atom is -0.383 e. The highest BCUT2D eigenvalue weighted by atomic mass is 16.2. The Morgan fingerprint density at radius 3 is 2.43 bits per heavy atom. The molecule has 0 unspecified atom stereocenters. The summed E-state index contributed by atoms with van der Waals surface area (Å²) in [6.07, 6.45) is 3.75. The Morgan fingerprint density at radius 1 is 0.964 bits per heavy atom. The maximum Gasteiger partial charge on any atom is 0.250 e.